The molecule has 0 bridgehead atoms. The van der Waals surface area contributed by atoms with Gasteiger partial charge >= 0.3 is 11.9 Å². The minimum absolute atomic E-state index is 0.276. The molecule has 0 unspecified atom stereocenters. The molecule has 0 heterocycles. The van der Waals surface area contributed by atoms with Crippen LogP contribution in [0.15, 0.2) is 28.7 Å². The van der Waals surface area contributed by atoms with Crippen molar-refractivity contribution in [1.29, 1.82) is 0 Å². The van der Waals surface area contributed by atoms with Gasteiger partial charge in [0.2, 0.25) is 0 Å². The molecule has 20 heavy (non-hydrogen) atoms. The molecule has 0 amide bonds. The molecule has 108 valence electrons. The summed E-state index contributed by atoms with van der Waals surface area (Å²) in [6.45, 7) is 3.56. The maximum absolute atomic E-state index is 11.5. The fraction of sp³-hybridized carbons (Fsp3) is 0.286. The quantitative estimate of drug-likeness (QED) is 0.635. The Morgan fingerprint density at radius 3 is 2.75 bits per heavy atom. The van der Waals surface area contributed by atoms with Crippen LogP contribution in [0.3, 0.4) is 0 Å². The van der Waals surface area contributed by atoms with Crippen LogP contribution in [0, 0.1) is 0 Å². The number of hydrogen-bond acceptors (Lipinski definition) is 4. The van der Waals surface area contributed by atoms with Gasteiger partial charge in [-0.2, -0.15) is 0 Å². The Morgan fingerprint density at radius 2 is 2.15 bits per heavy atom. The highest BCUT2D eigenvalue weighted by Gasteiger charge is 2.17. The van der Waals surface area contributed by atoms with Gasteiger partial charge in [0.15, 0.2) is 6.10 Å². The number of carboxylic acid groups (broad SMARTS) is 1. The van der Waals surface area contributed by atoms with Crippen LogP contribution in [0.1, 0.15) is 19.4 Å². The lowest BCUT2D eigenvalue weighted by Gasteiger charge is -2.15. The average molecular weight is 343 g/mol. The molecule has 0 aromatic heterocycles. The third kappa shape index (κ3) is 5.05. The van der Waals surface area contributed by atoms with Gasteiger partial charge in [0, 0.05) is 16.1 Å². The van der Waals surface area contributed by atoms with E-state index in [0.717, 1.165) is 10.5 Å². The van der Waals surface area contributed by atoms with E-state index in [1.54, 1.807) is 32.0 Å². The fourth-order valence-electron chi connectivity index (χ4n) is 1.42. The number of aliphatic carboxylic acids is 1. The van der Waals surface area contributed by atoms with E-state index in [1.165, 1.54) is 6.08 Å². The van der Waals surface area contributed by atoms with Gasteiger partial charge in [-0.1, -0.05) is 15.9 Å². The first-order chi connectivity index (χ1) is 9.43. The smallest absolute Gasteiger partial charge is 0.347 e. The third-order valence-corrected chi connectivity index (χ3v) is 2.79. The number of benzene rings is 1. The van der Waals surface area contributed by atoms with Crippen molar-refractivity contribution in [2.75, 3.05) is 6.61 Å². The Bertz CT molecular complexity index is 524. The first-order valence-electron chi connectivity index (χ1n) is 5.98. The molecule has 1 N–H and O–H groups in total. The first-order valence-corrected chi connectivity index (χ1v) is 6.77. The van der Waals surface area contributed by atoms with Gasteiger partial charge in [-0.3, -0.25) is 0 Å². The molecular formula is C14H15BrO5. The van der Waals surface area contributed by atoms with Gasteiger partial charge in [0.25, 0.3) is 0 Å². The highest BCUT2D eigenvalue weighted by molar-refractivity contribution is 9.10. The molecule has 1 atom stereocenters. The van der Waals surface area contributed by atoms with Crippen molar-refractivity contribution in [1.82, 2.24) is 0 Å². The van der Waals surface area contributed by atoms with E-state index in [0.29, 0.717) is 11.3 Å². The summed E-state index contributed by atoms with van der Waals surface area (Å²) in [5, 5.41) is 8.66. The molecule has 5 nitrogen and oxygen atoms in total. The van der Waals surface area contributed by atoms with Crippen molar-refractivity contribution >= 4 is 33.9 Å². The number of esters is 1. The Labute approximate surface area is 125 Å². The lowest BCUT2D eigenvalue weighted by molar-refractivity contribution is -0.150. The van der Waals surface area contributed by atoms with Gasteiger partial charge < -0.3 is 14.6 Å². The van der Waals surface area contributed by atoms with E-state index in [2.05, 4.69) is 15.9 Å². The van der Waals surface area contributed by atoms with Crippen molar-refractivity contribution in [2.45, 2.75) is 20.0 Å². The average Bonchev–Trinajstić information content (AvgIpc) is 2.39. The number of carbonyl (C=O) groups excluding carboxylic acids is 1. The summed E-state index contributed by atoms with van der Waals surface area (Å²) in [5.41, 5.74) is 0.554. The molecule has 0 fully saturated rings. The number of carboxylic acids is 1. The van der Waals surface area contributed by atoms with E-state index in [9.17, 15) is 9.59 Å². The zero-order valence-corrected chi connectivity index (χ0v) is 12.7. The Morgan fingerprint density at radius 1 is 1.45 bits per heavy atom. The SMILES string of the molecule is CCOC(=O)[C@H](C)Oc1ccc(Br)cc1/C=C/C(=O)O. The number of rotatable bonds is 6. The molecule has 0 aliphatic heterocycles. The van der Waals surface area contributed by atoms with E-state index >= 15 is 0 Å². The molecule has 0 spiro atoms. The standard InChI is InChI=1S/C14H15BrO5/c1-3-19-14(18)9(2)20-12-6-5-11(15)8-10(12)4-7-13(16)17/h4-9H,3H2,1-2H3,(H,16,17)/b7-4+/t9-/m0/s1. The second kappa shape index (κ2) is 7.69. The van der Waals surface area contributed by atoms with E-state index < -0.39 is 18.0 Å². The summed E-state index contributed by atoms with van der Waals surface area (Å²) in [6.07, 6.45) is 1.64. The van der Waals surface area contributed by atoms with Gasteiger partial charge in [-0.05, 0) is 38.1 Å². The van der Waals surface area contributed by atoms with Crippen LogP contribution in [-0.2, 0) is 14.3 Å². The monoisotopic (exact) mass is 342 g/mol. The normalized spacial score (nSPS) is 12.2. The van der Waals surface area contributed by atoms with E-state index in [1.807, 2.05) is 0 Å². The first kappa shape index (κ1) is 16.2. The van der Waals surface area contributed by atoms with Crippen LogP contribution in [0.5, 0.6) is 5.75 Å². The fourth-order valence-corrected chi connectivity index (χ4v) is 1.79. The minimum Gasteiger partial charge on any atom is -0.478 e. The third-order valence-electron chi connectivity index (χ3n) is 2.30. The number of ether oxygens (including phenoxy) is 2. The van der Waals surface area contributed by atoms with Gasteiger partial charge in [-0.15, -0.1) is 0 Å². The summed E-state index contributed by atoms with van der Waals surface area (Å²) in [6, 6.07) is 5.10. The van der Waals surface area contributed by atoms with Gasteiger partial charge in [0.1, 0.15) is 5.75 Å². The Kier molecular flexibility index (Phi) is 6.24. The maximum Gasteiger partial charge on any atom is 0.347 e. The van der Waals surface area contributed by atoms with Crippen molar-refractivity contribution in [2.24, 2.45) is 0 Å². The predicted octanol–water partition coefficient (Wildman–Crippen LogP) is 2.88. The van der Waals surface area contributed by atoms with Crippen LogP contribution in [0.4, 0.5) is 0 Å². The summed E-state index contributed by atoms with van der Waals surface area (Å²) in [4.78, 5) is 22.1. The van der Waals surface area contributed by atoms with Crippen molar-refractivity contribution < 1.29 is 24.2 Å². The lowest BCUT2D eigenvalue weighted by Crippen LogP contribution is -2.26. The molecule has 0 aliphatic rings. The van der Waals surface area contributed by atoms with Crippen LogP contribution >= 0.6 is 15.9 Å². The summed E-state index contributed by atoms with van der Waals surface area (Å²) >= 11 is 3.29. The highest BCUT2D eigenvalue weighted by atomic mass is 79.9. The van der Waals surface area contributed by atoms with Gasteiger partial charge in [0.05, 0.1) is 6.61 Å². The molecule has 6 heteroatoms. The van der Waals surface area contributed by atoms with Crippen LogP contribution < -0.4 is 4.74 Å². The van der Waals surface area contributed by atoms with E-state index in [4.69, 9.17) is 14.6 Å². The van der Waals surface area contributed by atoms with Crippen LogP contribution in [-0.4, -0.2) is 29.8 Å². The Balaban J connectivity index is 2.94. The zero-order valence-electron chi connectivity index (χ0n) is 11.1. The second-order valence-electron chi connectivity index (χ2n) is 3.87. The highest BCUT2D eigenvalue weighted by Crippen LogP contribution is 2.25. The van der Waals surface area contributed by atoms with Crippen LogP contribution in [0.2, 0.25) is 0 Å². The summed E-state index contributed by atoms with van der Waals surface area (Å²) < 4.78 is 11.1. The molecule has 0 aliphatic carbocycles. The topological polar surface area (TPSA) is 72.8 Å². The number of carbonyl (C=O) groups is 2. The molecule has 1 aromatic carbocycles. The molecular weight excluding hydrogens is 328 g/mol. The lowest BCUT2D eigenvalue weighted by atomic mass is 10.2. The molecule has 0 saturated heterocycles. The largest absolute Gasteiger partial charge is 0.478 e. The van der Waals surface area contributed by atoms with Crippen LogP contribution in [0.25, 0.3) is 6.08 Å². The van der Waals surface area contributed by atoms with Crippen molar-refractivity contribution in [3.8, 4) is 5.75 Å². The predicted molar refractivity (Wildman–Crippen MR) is 77.5 cm³/mol. The summed E-state index contributed by atoms with van der Waals surface area (Å²) in [7, 11) is 0. The molecule has 0 radical (unpaired) electrons. The van der Waals surface area contributed by atoms with E-state index in [-0.39, 0.29) is 6.61 Å². The van der Waals surface area contributed by atoms with Gasteiger partial charge in [-0.25, -0.2) is 9.59 Å². The zero-order chi connectivity index (χ0) is 15.1. The molecule has 1 aromatic rings. The van der Waals surface area contributed by atoms with Crippen molar-refractivity contribution in [3.63, 3.8) is 0 Å². The Hall–Kier alpha value is -1.82. The second-order valence-corrected chi connectivity index (χ2v) is 4.78. The molecule has 0 saturated carbocycles. The molecule has 1 rings (SSSR count). The maximum atomic E-state index is 11.5. The number of halogens is 1. The summed E-state index contributed by atoms with van der Waals surface area (Å²) in [5.74, 6) is -1.12. The minimum atomic E-state index is -1.06. The number of hydrogen-bond donors (Lipinski definition) is 1. The van der Waals surface area contributed by atoms with Crippen molar-refractivity contribution in [3.05, 3.63) is 34.3 Å².